The molecule has 0 aliphatic carbocycles. The van der Waals surface area contributed by atoms with E-state index >= 15 is 0 Å². The van der Waals surface area contributed by atoms with Crippen molar-refractivity contribution in [3.05, 3.63) is 24.0 Å². The maximum absolute atomic E-state index is 13.4. The fourth-order valence-electron chi connectivity index (χ4n) is 2.46. The molecule has 0 bridgehead atoms. The second-order valence-corrected chi connectivity index (χ2v) is 9.48. The molecule has 1 unspecified atom stereocenters. The van der Waals surface area contributed by atoms with Gasteiger partial charge in [-0.15, -0.1) is 11.8 Å². The normalized spacial score (nSPS) is 20.6. The molecular formula is C16H22F2N4OS2. The first-order valence-corrected chi connectivity index (χ1v) is 9.90. The van der Waals surface area contributed by atoms with E-state index in [0.29, 0.717) is 23.3 Å². The molecule has 25 heavy (non-hydrogen) atoms. The van der Waals surface area contributed by atoms with Gasteiger partial charge < -0.3 is 15.1 Å². The van der Waals surface area contributed by atoms with E-state index in [9.17, 15) is 8.78 Å². The van der Waals surface area contributed by atoms with Gasteiger partial charge in [-0.25, -0.2) is 18.7 Å². The Labute approximate surface area is 154 Å². The maximum Gasteiger partial charge on any atom is 0.262 e. The van der Waals surface area contributed by atoms with Crippen LogP contribution in [0.1, 0.15) is 38.8 Å². The van der Waals surface area contributed by atoms with Crippen LogP contribution in [0.4, 0.5) is 13.9 Å². The summed E-state index contributed by atoms with van der Waals surface area (Å²) in [5, 5.41) is 6.51. The second kappa shape index (κ2) is 7.20. The van der Waals surface area contributed by atoms with Gasteiger partial charge in [-0.2, -0.15) is 0 Å². The van der Waals surface area contributed by atoms with Gasteiger partial charge in [0, 0.05) is 24.4 Å². The van der Waals surface area contributed by atoms with E-state index in [1.165, 1.54) is 11.3 Å². The van der Waals surface area contributed by atoms with Crippen molar-refractivity contribution in [1.29, 1.82) is 0 Å². The van der Waals surface area contributed by atoms with Gasteiger partial charge in [-0.05, 0) is 0 Å². The summed E-state index contributed by atoms with van der Waals surface area (Å²) in [5.74, 6) is -0.518. The quantitative estimate of drug-likeness (QED) is 0.751. The van der Waals surface area contributed by atoms with Crippen molar-refractivity contribution in [3.63, 3.8) is 0 Å². The Morgan fingerprint density at radius 3 is 2.88 bits per heavy atom. The van der Waals surface area contributed by atoms with Crippen LogP contribution in [0.15, 0.2) is 21.0 Å². The van der Waals surface area contributed by atoms with Crippen LogP contribution in [0.3, 0.4) is 0 Å². The molecule has 2 N–H and O–H groups in total. The molecule has 9 heteroatoms. The molecule has 0 spiro atoms. The predicted octanol–water partition coefficient (Wildman–Crippen LogP) is 4.13. The van der Waals surface area contributed by atoms with Crippen LogP contribution < -0.4 is 10.6 Å². The topological polar surface area (TPSA) is 63.0 Å². The van der Waals surface area contributed by atoms with Crippen molar-refractivity contribution in [2.24, 2.45) is 0 Å². The number of hydrogen-bond acceptors (Lipinski definition) is 7. The van der Waals surface area contributed by atoms with E-state index in [4.69, 9.17) is 4.42 Å². The molecule has 1 fully saturated rings. The zero-order valence-electron chi connectivity index (χ0n) is 14.4. The van der Waals surface area contributed by atoms with Gasteiger partial charge in [0.25, 0.3) is 5.92 Å². The molecule has 2 aromatic heterocycles. The fraction of sp³-hybridized carbons (Fsp3) is 0.625. The second-order valence-electron chi connectivity index (χ2n) is 7.17. The highest BCUT2D eigenvalue weighted by molar-refractivity contribution is 8.00. The standard InChI is InChI=1S/C16H22F2N4OS2/c1-15(2,3)11-6-20-12(23-11)8-24-13-7-21-14(25-13)22-10-4-16(17,18)9-19-5-10/h6-7,10,19H,4-5,8-9H2,1-3H3,(H,21,22). The van der Waals surface area contributed by atoms with Gasteiger partial charge >= 0.3 is 0 Å². The number of halogens is 2. The number of piperidine rings is 1. The zero-order valence-corrected chi connectivity index (χ0v) is 16.1. The summed E-state index contributed by atoms with van der Waals surface area (Å²) in [6.07, 6.45) is 3.35. The van der Waals surface area contributed by atoms with E-state index in [1.54, 1.807) is 24.2 Å². The average molecular weight is 389 g/mol. The molecule has 3 heterocycles. The van der Waals surface area contributed by atoms with Crippen LogP contribution in [-0.4, -0.2) is 35.0 Å². The van der Waals surface area contributed by atoms with Crippen molar-refractivity contribution in [2.75, 3.05) is 18.4 Å². The highest BCUT2D eigenvalue weighted by atomic mass is 32.2. The number of aromatic nitrogens is 2. The Hall–Kier alpha value is -1.19. The highest BCUT2D eigenvalue weighted by Crippen LogP contribution is 2.33. The minimum absolute atomic E-state index is 0.0619. The van der Waals surface area contributed by atoms with Crippen LogP contribution in [0.5, 0.6) is 0 Å². The zero-order chi connectivity index (χ0) is 18.1. The molecule has 0 amide bonds. The van der Waals surface area contributed by atoms with E-state index in [0.717, 1.165) is 9.97 Å². The Kier molecular flexibility index (Phi) is 5.36. The molecule has 1 aliphatic heterocycles. The van der Waals surface area contributed by atoms with Crippen molar-refractivity contribution < 1.29 is 13.2 Å². The summed E-state index contributed by atoms with van der Waals surface area (Å²) < 4.78 is 33.6. The Morgan fingerprint density at radius 2 is 2.20 bits per heavy atom. The van der Waals surface area contributed by atoms with Crippen molar-refractivity contribution in [3.8, 4) is 0 Å². The number of hydrogen-bond donors (Lipinski definition) is 2. The number of rotatable bonds is 5. The van der Waals surface area contributed by atoms with Crippen LogP contribution in [0.2, 0.25) is 0 Å². The van der Waals surface area contributed by atoms with Crippen LogP contribution in [0.25, 0.3) is 0 Å². The van der Waals surface area contributed by atoms with Gasteiger partial charge in [0.1, 0.15) is 5.76 Å². The predicted molar refractivity (Wildman–Crippen MR) is 96.7 cm³/mol. The van der Waals surface area contributed by atoms with Crippen molar-refractivity contribution >= 4 is 28.2 Å². The molecule has 0 saturated carbocycles. The first-order chi connectivity index (χ1) is 11.7. The molecule has 3 rings (SSSR count). The summed E-state index contributed by atoms with van der Waals surface area (Å²) in [7, 11) is 0. The summed E-state index contributed by atoms with van der Waals surface area (Å²) in [6, 6.07) is -0.311. The van der Waals surface area contributed by atoms with E-state index in [2.05, 4.69) is 41.4 Å². The number of nitrogens with one attached hydrogen (secondary N) is 2. The number of thioether (sulfide) groups is 1. The number of nitrogens with zero attached hydrogens (tertiary/aromatic N) is 2. The summed E-state index contributed by atoms with van der Waals surface area (Å²) in [5.41, 5.74) is -0.0619. The van der Waals surface area contributed by atoms with Gasteiger partial charge in [0.05, 0.1) is 28.9 Å². The number of thiazole rings is 1. The third-order valence-corrected chi connectivity index (χ3v) is 5.87. The molecular weight excluding hydrogens is 366 g/mol. The molecule has 5 nitrogen and oxygen atoms in total. The average Bonchev–Trinajstić information content (AvgIpc) is 3.12. The molecule has 0 aromatic carbocycles. The lowest BCUT2D eigenvalue weighted by Gasteiger charge is -2.30. The third kappa shape index (κ3) is 5.15. The smallest absolute Gasteiger partial charge is 0.262 e. The lowest BCUT2D eigenvalue weighted by Crippen LogP contribution is -2.49. The Morgan fingerprint density at radius 1 is 1.40 bits per heavy atom. The first-order valence-electron chi connectivity index (χ1n) is 8.10. The highest BCUT2D eigenvalue weighted by Gasteiger charge is 2.36. The summed E-state index contributed by atoms with van der Waals surface area (Å²) in [6.45, 7) is 6.50. The van der Waals surface area contributed by atoms with Crippen molar-refractivity contribution in [1.82, 2.24) is 15.3 Å². The minimum atomic E-state index is -2.67. The first kappa shape index (κ1) is 18.6. The van der Waals surface area contributed by atoms with Crippen molar-refractivity contribution in [2.45, 2.75) is 54.5 Å². The molecule has 2 aromatic rings. The summed E-state index contributed by atoms with van der Waals surface area (Å²) >= 11 is 3.03. The summed E-state index contributed by atoms with van der Waals surface area (Å²) in [4.78, 5) is 8.58. The minimum Gasteiger partial charge on any atom is -0.444 e. The number of oxazole rings is 1. The van der Waals surface area contributed by atoms with Crippen LogP contribution in [0, 0.1) is 0 Å². The molecule has 0 radical (unpaired) electrons. The third-order valence-electron chi connectivity index (χ3n) is 3.76. The lowest BCUT2D eigenvalue weighted by atomic mass is 9.94. The van der Waals surface area contributed by atoms with E-state index in [1.807, 2.05) is 0 Å². The van der Waals surface area contributed by atoms with Gasteiger partial charge in [-0.1, -0.05) is 32.1 Å². The number of alkyl halides is 2. The van der Waals surface area contributed by atoms with Gasteiger partial charge in [0.15, 0.2) is 5.13 Å². The molecule has 1 saturated heterocycles. The SMILES string of the molecule is CC(C)(C)c1cnc(CSc2cnc(NC3CNCC(F)(F)C3)s2)o1. The Bertz CT molecular complexity index is 711. The van der Waals surface area contributed by atoms with Gasteiger partial charge in [-0.3, -0.25) is 0 Å². The van der Waals surface area contributed by atoms with Crippen LogP contribution >= 0.6 is 23.1 Å². The van der Waals surface area contributed by atoms with E-state index in [-0.39, 0.29) is 24.4 Å². The fourth-order valence-corrected chi connectivity index (χ4v) is 4.26. The number of anilines is 1. The lowest BCUT2D eigenvalue weighted by molar-refractivity contribution is -0.0244. The van der Waals surface area contributed by atoms with E-state index < -0.39 is 5.92 Å². The monoisotopic (exact) mass is 388 g/mol. The molecule has 1 aliphatic rings. The van der Waals surface area contributed by atoms with Gasteiger partial charge in [0.2, 0.25) is 5.89 Å². The molecule has 1 atom stereocenters. The largest absolute Gasteiger partial charge is 0.444 e. The molecule has 138 valence electrons. The van der Waals surface area contributed by atoms with Crippen LogP contribution in [-0.2, 0) is 11.2 Å². The Balaban J connectivity index is 1.52. The maximum atomic E-state index is 13.4.